The maximum atomic E-state index is 13.1. The van der Waals surface area contributed by atoms with E-state index >= 15 is 0 Å². The van der Waals surface area contributed by atoms with E-state index in [0.29, 0.717) is 12.3 Å². The molecule has 1 fully saturated rings. The van der Waals surface area contributed by atoms with Crippen LogP contribution < -0.4 is 10.6 Å². The molecule has 0 spiro atoms. The van der Waals surface area contributed by atoms with Crippen LogP contribution in [0.4, 0.5) is 4.39 Å². The van der Waals surface area contributed by atoms with Crippen LogP contribution in [0.15, 0.2) is 24.3 Å². The van der Waals surface area contributed by atoms with Crippen LogP contribution in [0.5, 0.6) is 0 Å². The number of carbonyl (C=O) groups is 1. The summed E-state index contributed by atoms with van der Waals surface area (Å²) in [5.41, 5.74) is 3.47. The molecule has 1 amide bonds. The molecule has 1 saturated heterocycles. The van der Waals surface area contributed by atoms with Crippen LogP contribution in [0, 0.1) is 25.6 Å². The summed E-state index contributed by atoms with van der Waals surface area (Å²) in [6.07, 6.45) is 2.53. The predicted molar refractivity (Wildman–Crippen MR) is 103 cm³/mol. The van der Waals surface area contributed by atoms with E-state index in [1.54, 1.807) is 16.8 Å². The normalized spacial score (nSPS) is 16.3. The van der Waals surface area contributed by atoms with Crippen molar-refractivity contribution in [2.45, 2.75) is 33.1 Å². The van der Waals surface area contributed by atoms with Crippen LogP contribution in [0.1, 0.15) is 29.8 Å². The first-order chi connectivity index (χ1) is 12.0. The molecule has 3 rings (SSSR count). The third-order valence-corrected chi connectivity index (χ3v) is 4.89. The number of nitrogens with one attached hydrogen (secondary N) is 2. The van der Waals surface area contributed by atoms with Crippen molar-refractivity contribution in [3.8, 4) is 5.69 Å². The largest absolute Gasteiger partial charge is 0.356 e. The van der Waals surface area contributed by atoms with Gasteiger partial charge in [-0.15, -0.1) is 12.4 Å². The number of aryl methyl sites for hydroxylation is 1. The monoisotopic (exact) mass is 380 g/mol. The summed E-state index contributed by atoms with van der Waals surface area (Å²) in [5.74, 6) is 0.420. The second-order valence-electron chi connectivity index (χ2n) is 6.71. The van der Waals surface area contributed by atoms with Gasteiger partial charge in [0.1, 0.15) is 5.82 Å². The molecule has 0 radical (unpaired) electrons. The Hall–Kier alpha value is -1.92. The van der Waals surface area contributed by atoms with E-state index in [2.05, 4.69) is 15.7 Å². The molecule has 0 bridgehead atoms. The number of benzene rings is 1. The molecule has 1 unspecified atom stereocenters. The molecule has 1 aliphatic heterocycles. The van der Waals surface area contributed by atoms with Crippen LogP contribution in [0.3, 0.4) is 0 Å². The Balaban J connectivity index is 0.00000243. The number of nitrogens with zero attached hydrogens (tertiary/aromatic N) is 2. The highest BCUT2D eigenvalue weighted by Gasteiger charge is 2.17. The molecule has 2 N–H and O–H groups in total. The molecule has 1 atom stereocenters. The molecule has 26 heavy (non-hydrogen) atoms. The van der Waals surface area contributed by atoms with Gasteiger partial charge in [0.15, 0.2) is 0 Å². The van der Waals surface area contributed by atoms with Gasteiger partial charge in [-0.25, -0.2) is 9.07 Å². The third-order valence-electron chi connectivity index (χ3n) is 4.89. The van der Waals surface area contributed by atoms with Crippen molar-refractivity contribution in [2.24, 2.45) is 5.92 Å². The number of carbonyl (C=O) groups excluding carboxylic acids is 1. The summed E-state index contributed by atoms with van der Waals surface area (Å²) >= 11 is 0. The number of aromatic nitrogens is 2. The Morgan fingerprint density at radius 3 is 2.73 bits per heavy atom. The zero-order valence-electron chi connectivity index (χ0n) is 15.2. The Bertz CT molecular complexity index is 739. The smallest absolute Gasteiger partial charge is 0.224 e. The van der Waals surface area contributed by atoms with Gasteiger partial charge in [-0.05, 0) is 70.0 Å². The molecular weight excluding hydrogens is 355 g/mol. The lowest BCUT2D eigenvalue weighted by Crippen LogP contribution is -2.28. The standard InChI is InChI=1S/C19H25FN4O.ClH/c1-13-18(11-19(25)22-10-8-15-7-9-21-12-15)14(2)24(23-13)17-5-3-16(20)4-6-17;/h3-6,15,21H,7-12H2,1-2H3,(H,22,25);1H. The molecule has 1 aromatic heterocycles. The summed E-state index contributed by atoms with van der Waals surface area (Å²) < 4.78 is 14.9. The minimum atomic E-state index is -0.276. The van der Waals surface area contributed by atoms with Crippen LogP contribution in [0.2, 0.25) is 0 Å². The maximum absolute atomic E-state index is 13.1. The zero-order valence-corrected chi connectivity index (χ0v) is 16.0. The van der Waals surface area contributed by atoms with E-state index in [9.17, 15) is 9.18 Å². The highest BCUT2D eigenvalue weighted by atomic mass is 35.5. The number of hydrogen-bond donors (Lipinski definition) is 2. The second kappa shape index (κ2) is 9.14. The Labute approximate surface area is 159 Å². The van der Waals surface area contributed by atoms with Crippen LogP contribution in [-0.2, 0) is 11.2 Å². The Morgan fingerprint density at radius 2 is 2.08 bits per heavy atom. The fourth-order valence-electron chi connectivity index (χ4n) is 3.36. The Morgan fingerprint density at radius 1 is 1.35 bits per heavy atom. The summed E-state index contributed by atoms with van der Waals surface area (Å²) in [6, 6.07) is 6.20. The van der Waals surface area contributed by atoms with Crippen molar-refractivity contribution >= 4 is 18.3 Å². The lowest BCUT2D eigenvalue weighted by atomic mass is 10.1. The first kappa shape index (κ1) is 20.4. The predicted octanol–water partition coefficient (Wildman–Crippen LogP) is 2.71. The van der Waals surface area contributed by atoms with Crippen molar-refractivity contribution in [2.75, 3.05) is 19.6 Å². The fourth-order valence-corrected chi connectivity index (χ4v) is 3.36. The Kier molecular flexibility index (Phi) is 7.17. The lowest BCUT2D eigenvalue weighted by Gasteiger charge is -2.10. The molecule has 5 nitrogen and oxygen atoms in total. The number of rotatable bonds is 6. The first-order valence-corrected chi connectivity index (χ1v) is 8.83. The van der Waals surface area contributed by atoms with Crippen molar-refractivity contribution in [3.05, 3.63) is 47.0 Å². The summed E-state index contributed by atoms with van der Waals surface area (Å²) in [7, 11) is 0. The van der Waals surface area contributed by atoms with Crippen LogP contribution in [-0.4, -0.2) is 35.3 Å². The quantitative estimate of drug-likeness (QED) is 0.810. The minimum absolute atomic E-state index is 0. The summed E-state index contributed by atoms with van der Waals surface area (Å²) in [6.45, 7) is 6.70. The van der Waals surface area contributed by atoms with E-state index < -0.39 is 0 Å². The first-order valence-electron chi connectivity index (χ1n) is 8.83. The molecule has 1 aromatic carbocycles. The minimum Gasteiger partial charge on any atom is -0.356 e. The van der Waals surface area contributed by atoms with Gasteiger partial charge in [0.05, 0.1) is 17.8 Å². The SMILES string of the molecule is Cc1nn(-c2ccc(F)cc2)c(C)c1CC(=O)NCCC1CCNC1.Cl. The molecular formula is C19H26ClFN4O. The second-order valence-corrected chi connectivity index (χ2v) is 6.71. The van der Waals surface area contributed by atoms with Crippen molar-refractivity contribution in [1.29, 1.82) is 0 Å². The van der Waals surface area contributed by atoms with Crippen molar-refractivity contribution < 1.29 is 9.18 Å². The van der Waals surface area contributed by atoms with E-state index in [0.717, 1.165) is 48.7 Å². The van der Waals surface area contributed by atoms with Gasteiger partial charge in [-0.3, -0.25) is 4.79 Å². The van der Waals surface area contributed by atoms with Gasteiger partial charge in [0, 0.05) is 17.8 Å². The molecule has 0 saturated carbocycles. The number of amides is 1. The zero-order chi connectivity index (χ0) is 17.8. The summed E-state index contributed by atoms with van der Waals surface area (Å²) in [4.78, 5) is 12.3. The average Bonchev–Trinajstić information content (AvgIpc) is 3.19. The van der Waals surface area contributed by atoms with Gasteiger partial charge in [-0.2, -0.15) is 5.10 Å². The van der Waals surface area contributed by atoms with Crippen molar-refractivity contribution in [1.82, 2.24) is 20.4 Å². The lowest BCUT2D eigenvalue weighted by molar-refractivity contribution is -0.120. The molecule has 0 aliphatic carbocycles. The topological polar surface area (TPSA) is 59.0 Å². The highest BCUT2D eigenvalue weighted by Crippen LogP contribution is 2.19. The highest BCUT2D eigenvalue weighted by molar-refractivity contribution is 5.85. The van der Waals surface area contributed by atoms with E-state index in [-0.39, 0.29) is 24.1 Å². The van der Waals surface area contributed by atoms with E-state index in [1.807, 2.05) is 13.8 Å². The molecule has 2 aromatic rings. The fraction of sp³-hybridized carbons (Fsp3) is 0.474. The molecule has 2 heterocycles. The van der Waals surface area contributed by atoms with E-state index in [1.165, 1.54) is 18.6 Å². The van der Waals surface area contributed by atoms with Gasteiger partial charge >= 0.3 is 0 Å². The van der Waals surface area contributed by atoms with Gasteiger partial charge < -0.3 is 10.6 Å². The van der Waals surface area contributed by atoms with Gasteiger partial charge in [-0.1, -0.05) is 0 Å². The maximum Gasteiger partial charge on any atom is 0.224 e. The van der Waals surface area contributed by atoms with Crippen LogP contribution in [0.25, 0.3) is 5.69 Å². The molecule has 1 aliphatic rings. The summed E-state index contributed by atoms with van der Waals surface area (Å²) in [5, 5.41) is 10.9. The average molecular weight is 381 g/mol. The van der Waals surface area contributed by atoms with E-state index in [4.69, 9.17) is 0 Å². The third kappa shape index (κ3) is 4.83. The van der Waals surface area contributed by atoms with Crippen LogP contribution >= 0.6 is 12.4 Å². The molecule has 7 heteroatoms. The van der Waals surface area contributed by atoms with Gasteiger partial charge in [0.25, 0.3) is 0 Å². The molecule has 142 valence electrons. The van der Waals surface area contributed by atoms with Gasteiger partial charge in [0.2, 0.25) is 5.91 Å². The van der Waals surface area contributed by atoms with Crippen molar-refractivity contribution in [3.63, 3.8) is 0 Å². The number of hydrogen-bond acceptors (Lipinski definition) is 3. The number of halogens is 2.